The van der Waals surface area contributed by atoms with E-state index in [9.17, 15) is 4.79 Å². The van der Waals surface area contributed by atoms with Crippen LogP contribution in [0, 0.1) is 5.41 Å². The van der Waals surface area contributed by atoms with E-state index in [1.54, 1.807) is 4.90 Å². The second-order valence-electron chi connectivity index (χ2n) is 7.77. The molecular weight excluding hydrogens is 314 g/mol. The van der Waals surface area contributed by atoms with Crippen LogP contribution in [0.15, 0.2) is 30.3 Å². The van der Waals surface area contributed by atoms with Gasteiger partial charge in [-0.05, 0) is 31.4 Å². The first kappa shape index (κ1) is 18.2. The molecule has 1 spiro atoms. The van der Waals surface area contributed by atoms with E-state index >= 15 is 0 Å². The third-order valence-electron chi connectivity index (χ3n) is 5.50. The van der Waals surface area contributed by atoms with Crippen LogP contribution in [0.5, 0.6) is 0 Å². The molecule has 2 amide bonds. The van der Waals surface area contributed by atoms with Gasteiger partial charge in [-0.15, -0.1) is 0 Å². The molecule has 0 radical (unpaired) electrons. The number of benzene rings is 1. The van der Waals surface area contributed by atoms with Crippen LogP contribution in [-0.4, -0.2) is 74.2 Å². The molecule has 5 nitrogen and oxygen atoms in total. The summed E-state index contributed by atoms with van der Waals surface area (Å²) >= 11 is 0. The molecule has 1 unspecified atom stereocenters. The van der Waals surface area contributed by atoms with Gasteiger partial charge < -0.3 is 19.4 Å². The van der Waals surface area contributed by atoms with Gasteiger partial charge >= 0.3 is 6.03 Å². The van der Waals surface area contributed by atoms with Gasteiger partial charge in [-0.3, -0.25) is 0 Å². The fourth-order valence-electron chi connectivity index (χ4n) is 4.17. The Morgan fingerprint density at radius 2 is 1.96 bits per heavy atom. The minimum absolute atomic E-state index is 0.153. The molecular formula is C20H31N3O2. The van der Waals surface area contributed by atoms with Crippen molar-refractivity contribution in [2.45, 2.75) is 25.9 Å². The lowest BCUT2D eigenvalue weighted by Crippen LogP contribution is -2.47. The Labute approximate surface area is 151 Å². The lowest BCUT2D eigenvalue weighted by molar-refractivity contribution is 0.0496. The third-order valence-corrected chi connectivity index (χ3v) is 5.50. The Kier molecular flexibility index (Phi) is 5.97. The largest absolute Gasteiger partial charge is 0.375 e. The van der Waals surface area contributed by atoms with Crippen LogP contribution < -0.4 is 0 Å². The zero-order chi connectivity index (χ0) is 17.7. The first-order valence-corrected chi connectivity index (χ1v) is 9.38. The topological polar surface area (TPSA) is 36.0 Å². The highest BCUT2D eigenvalue weighted by atomic mass is 16.5. The number of carbonyl (C=O) groups is 1. The predicted octanol–water partition coefficient (Wildman–Crippen LogP) is 2.67. The molecule has 0 aliphatic carbocycles. The molecule has 5 heteroatoms. The van der Waals surface area contributed by atoms with Crippen molar-refractivity contribution in [1.29, 1.82) is 0 Å². The van der Waals surface area contributed by atoms with Crippen LogP contribution in [0.2, 0.25) is 0 Å². The summed E-state index contributed by atoms with van der Waals surface area (Å²) in [6, 6.07) is 10.5. The standard InChI is InChI=1S/C20H31N3O2/c1-21(2)19(24)23-12-10-20(17-23)9-6-11-22(16-20)13-14-25-15-18-7-4-3-5-8-18/h3-5,7-8H,6,9-17H2,1-2H3. The quantitative estimate of drug-likeness (QED) is 0.770. The smallest absolute Gasteiger partial charge is 0.319 e. The number of carbonyl (C=O) groups excluding carboxylic acids is 1. The summed E-state index contributed by atoms with van der Waals surface area (Å²) in [5.41, 5.74) is 1.52. The Balaban J connectivity index is 1.43. The molecule has 2 saturated heterocycles. The van der Waals surface area contributed by atoms with E-state index in [1.807, 2.05) is 37.2 Å². The highest BCUT2D eigenvalue weighted by Gasteiger charge is 2.42. The van der Waals surface area contributed by atoms with Gasteiger partial charge in [0.2, 0.25) is 0 Å². The molecule has 1 atom stereocenters. The number of urea groups is 1. The molecule has 2 aliphatic rings. The Morgan fingerprint density at radius 3 is 2.72 bits per heavy atom. The number of likely N-dealkylation sites (tertiary alicyclic amines) is 2. The molecule has 2 heterocycles. The van der Waals surface area contributed by atoms with E-state index in [0.717, 1.165) is 45.8 Å². The predicted molar refractivity (Wildman–Crippen MR) is 99.5 cm³/mol. The summed E-state index contributed by atoms with van der Waals surface area (Å²) in [7, 11) is 3.68. The number of ether oxygens (including phenoxy) is 1. The van der Waals surface area contributed by atoms with E-state index in [4.69, 9.17) is 4.74 Å². The molecule has 3 rings (SSSR count). The first-order valence-electron chi connectivity index (χ1n) is 9.38. The van der Waals surface area contributed by atoms with Crippen molar-refractivity contribution in [2.24, 2.45) is 5.41 Å². The van der Waals surface area contributed by atoms with Crippen LogP contribution in [0.4, 0.5) is 4.79 Å². The monoisotopic (exact) mass is 345 g/mol. The van der Waals surface area contributed by atoms with Crippen molar-refractivity contribution in [3.05, 3.63) is 35.9 Å². The normalized spacial score (nSPS) is 24.0. The van der Waals surface area contributed by atoms with Crippen LogP contribution in [0.3, 0.4) is 0 Å². The summed E-state index contributed by atoms with van der Waals surface area (Å²) in [6.45, 7) is 6.49. The van der Waals surface area contributed by atoms with Crippen molar-refractivity contribution >= 4 is 6.03 Å². The maximum atomic E-state index is 12.2. The van der Waals surface area contributed by atoms with Gasteiger partial charge in [0.15, 0.2) is 0 Å². The third kappa shape index (κ3) is 4.73. The Bertz CT molecular complexity index is 563. The van der Waals surface area contributed by atoms with Crippen LogP contribution >= 0.6 is 0 Å². The minimum Gasteiger partial charge on any atom is -0.375 e. The maximum absolute atomic E-state index is 12.2. The van der Waals surface area contributed by atoms with Gasteiger partial charge in [0.25, 0.3) is 0 Å². The number of hydrogen-bond acceptors (Lipinski definition) is 3. The summed E-state index contributed by atoms with van der Waals surface area (Å²) in [5, 5.41) is 0. The number of rotatable bonds is 5. The highest BCUT2D eigenvalue weighted by molar-refractivity contribution is 5.74. The average molecular weight is 345 g/mol. The second kappa shape index (κ2) is 8.19. The SMILES string of the molecule is CN(C)C(=O)N1CCC2(CCCN(CCOCc3ccccc3)C2)C1. The first-order chi connectivity index (χ1) is 12.1. The van der Waals surface area contributed by atoms with Crippen molar-refractivity contribution in [1.82, 2.24) is 14.7 Å². The van der Waals surface area contributed by atoms with Gasteiger partial charge in [0, 0.05) is 45.7 Å². The minimum atomic E-state index is 0.153. The van der Waals surface area contributed by atoms with Crippen LogP contribution in [0.25, 0.3) is 0 Å². The van der Waals surface area contributed by atoms with Crippen LogP contribution in [-0.2, 0) is 11.3 Å². The Morgan fingerprint density at radius 1 is 1.16 bits per heavy atom. The molecule has 2 fully saturated rings. The molecule has 1 aromatic rings. The lowest BCUT2D eigenvalue weighted by Gasteiger charge is -2.40. The lowest BCUT2D eigenvalue weighted by atomic mass is 9.79. The fourth-order valence-corrected chi connectivity index (χ4v) is 4.17. The van der Waals surface area contributed by atoms with Crippen molar-refractivity contribution < 1.29 is 9.53 Å². The highest BCUT2D eigenvalue weighted by Crippen LogP contribution is 2.39. The van der Waals surface area contributed by atoms with Gasteiger partial charge in [0.1, 0.15) is 0 Å². The molecule has 25 heavy (non-hydrogen) atoms. The number of hydrogen-bond donors (Lipinski definition) is 0. The molecule has 0 N–H and O–H groups in total. The molecule has 0 bridgehead atoms. The second-order valence-corrected chi connectivity index (χ2v) is 7.77. The van der Waals surface area contributed by atoms with E-state index in [-0.39, 0.29) is 6.03 Å². The number of nitrogens with zero attached hydrogens (tertiary/aromatic N) is 3. The number of piperidine rings is 1. The zero-order valence-corrected chi connectivity index (χ0v) is 15.6. The van der Waals surface area contributed by atoms with E-state index in [0.29, 0.717) is 12.0 Å². The maximum Gasteiger partial charge on any atom is 0.319 e. The Hall–Kier alpha value is -1.59. The van der Waals surface area contributed by atoms with Gasteiger partial charge in [0.05, 0.1) is 13.2 Å². The van der Waals surface area contributed by atoms with Crippen LogP contribution in [0.1, 0.15) is 24.8 Å². The molecule has 2 aliphatic heterocycles. The van der Waals surface area contributed by atoms with E-state index in [1.165, 1.54) is 18.4 Å². The van der Waals surface area contributed by atoms with Crippen molar-refractivity contribution in [2.75, 3.05) is 53.4 Å². The number of amides is 2. The molecule has 0 aromatic heterocycles. The molecule has 1 aromatic carbocycles. The summed E-state index contributed by atoms with van der Waals surface area (Å²) in [4.78, 5) is 18.5. The molecule has 138 valence electrons. The van der Waals surface area contributed by atoms with Crippen molar-refractivity contribution in [3.63, 3.8) is 0 Å². The van der Waals surface area contributed by atoms with E-state index in [2.05, 4.69) is 17.0 Å². The average Bonchev–Trinajstić information content (AvgIpc) is 3.02. The zero-order valence-electron chi connectivity index (χ0n) is 15.6. The van der Waals surface area contributed by atoms with Gasteiger partial charge in [-0.2, -0.15) is 0 Å². The molecule has 0 saturated carbocycles. The fraction of sp³-hybridized carbons (Fsp3) is 0.650. The van der Waals surface area contributed by atoms with E-state index < -0.39 is 0 Å². The van der Waals surface area contributed by atoms with Crippen molar-refractivity contribution in [3.8, 4) is 0 Å². The summed E-state index contributed by atoms with van der Waals surface area (Å²) < 4.78 is 5.85. The van der Waals surface area contributed by atoms with Gasteiger partial charge in [-0.25, -0.2) is 4.79 Å². The summed E-state index contributed by atoms with van der Waals surface area (Å²) in [6.07, 6.45) is 3.60. The summed E-state index contributed by atoms with van der Waals surface area (Å²) in [5.74, 6) is 0. The van der Waals surface area contributed by atoms with Gasteiger partial charge in [-0.1, -0.05) is 30.3 Å².